The molecule has 2 aromatic rings. The summed E-state index contributed by atoms with van der Waals surface area (Å²) >= 11 is 0. The summed E-state index contributed by atoms with van der Waals surface area (Å²) in [4.78, 5) is 22.1. The number of hydrogen-bond donors (Lipinski definition) is 2. The molecule has 1 fully saturated rings. The molecule has 0 bridgehead atoms. The van der Waals surface area contributed by atoms with E-state index in [9.17, 15) is 4.79 Å². The van der Waals surface area contributed by atoms with Gasteiger partial charge in [-0.2, -0.15) is 4.98 Å². The first-order chi connectivity index (χ1) is 9.19. The molecule has 0 spiro atoms. The molecular formula is C13H15N5O. The predicted octanol–water partition coefficient (Wildman–Crippen LogP) is 0.524. The molecule has 19 heavy (non-hydrogen) atoms. The van der Waals surface area contributed by atoms with E-state index in [4.69, 9.17) is 11.5 Å². The van der Waals surface area contributed by atoms with Gasteiger partial charge >= 0.3 is 0 Å². The van der Waals surface area contributed by atoms with Crippen LogP contribution in [0.5, 0.6) is 0 Å². The Labute approximate surface area is 110 Å². The third kappa shape index (κ3) is 2.00. The number of hydrogen-bond acceptors (Lipinski definition) is 5. The van der Waals surface area contributed by atoms with E-state index in [1.165, 1.54) is 0 Å². The average molecular weight is 257 g/mol. The summed E-state index contributed by atoms with van der Waals surface area (Å²) in [6.45, 7) is 1.09. The largest absolute Gasteiger partial charge is 0.368 e. The number of carbonyl (C=O) groups excluding carboxylic acids is 1. The van der Waals surface area contributed by atoms with Crippen LogP contribution in [0, 0.1) is 5.92 Å². The minimum Gasteiger partial charge on any atom is -0.368 e. The van der Waals surface area contributed by atoms with E-state index in [0.717, 1.165) is 10.9 Å². The van der Waals surface area contributed by atoms with Gasteiger partial charge in [-0.3, -0.25) is 9.69 Å². The first-order valence-electron chi connectivity index (χ1n) is 6.21. The van der Waals surface area contributed by atoms with E-state index < -0.39 is 0 Å². The second-order valence-electron chi connectivity index (χ2n) is 4.73. The smallest absolute Gasteiger partial charge is 0.228 e. The summed E-state index contributed by atoms with van der Waals surface area (Å²) in [5.74, 6) is 0.989. The number of nitrogen functional groups attached to an aromatic ring is 1. The number of carbonyl (C=O) groups is 1. The molecule has 1 aliphatic heterocycles. The lowest BCUT2D eigenvalue weighted by Crippen LogP contribution is -2.27. The highest BCUT2D eigenvalue weighted by Gasteiger charge is 2.31. The number of nitrogens with two attached hydrogens (primary N) is 2. The van der Waals surface area contributed by atoms with Crippen LogP contribution in [0.1, 0.15) is 6.42 Å². The Morgan fingerprint density at radius 1 is 1.32 bits per heavy atom. The quantitative estimate of drug-likeness (QED) is 0.817. The fraction of sp³-hybridized carbons (Fsp3) is 0.308. The Hall–Kier alpha value is -2.21. The molecule has 0 saturated carbocycles. The zero-order valence-electron chi connectivity index (χ0n) is 10.4. The Balaban J connectivity index is 2.12. The van der Waals surface area contributed by atoms with Crippen LogP contribution in [-0.4, -0.2) is 29.0 Å². The molecule has 1 aromatic heterocycles. The summed E-state index contributed by atoms with van der Waals surface area (Å²) in [5, 5.41) is 0.836. The van der Waals surface area contributed by atoms with Crippen molar-refractivity contribution < 1.29 is 4.79 Å². The maximum absolute atomic E-state index is 12.1. The number of para-hydroxylation sites is 1. The molecule has 4 N–H and O–H groups in total. The fourth-order valence-corrected chi connectivity index (χ4v) is 2.43. The summed E-state index contributed by atoms with van der Waals surface area (Å²) in [6.07, 6.45) is 0.467. The van der Waals surface area contributed by atoms with Crippen molar-refractivity contribution in [3.05, 3.63) is 24.3 Å². The van der Waals surface area contributed by atoms with E-state index >= 15 is 0 Å². The molecule has 0 aliphatic carbocycles. The lowest BCUT2D eigenvalue weighted by atomic mass is 10.1. The van der Waals surface area contributed by atoms with Crippen molar-refractivity contribution in [1.29, 1.82) is 0 Å². The zero-order valence-corrected chi connectivity index (χ0v) is 10.4. The van der Waals surface area contributed by atoms with Crippen molar-refractivity contribution in [3.8, 4) is 0 Å². The molecule has 6 nitrogen and oxygen atoms in total. The topological polar surface area (TPSA) is 98.1 Å². The van der Waals surface area contributed by atoms with Crippen molar-refractivity contribution in [2.45, 2.75) is 6.42 Å². The minimum absolute atomic E-state index is 0.0405. The second-order valence-corrected chi connectivity index (χ2v) is 4.73. The highest BCUT2D eigenvalue weighted by atomic mass is 16.2. The van der Waals surface area contributed by atoms with E-state index in [1.54, 1.807) is 4.90 Å². The number of rotatable bonds is 2. The monoisotopic (exact) mass is 257 g/mol. The highest BCUT2D eigenvalue weighted by molar-refractivity contribution is 6.02. The summed E-state index contributed by atoms with van der Waals surface area (Å²) in [5.41, 5.74) is 12.1. The van der Waals surface area contributed by atoms with E-state index in [1.807, 2.05) is 24.3 Å². The van der Waals surface area contributed by atoms with Gasteiger partial charge in [0.05, 0.1) is 5.52 Å². The molecule has 98 valence electrons. The number of amides is 1. The van der Waals surface area contributed by atoms with Crippen molar-refractivity contribution in [1.82, 2.24) is 9.97 Å². The Kier molecular flexibility index (Phi) is 2.79. The van der Waals surface area contributed by atoms with Crippen LogP contribution in [0.4, 0.5) is 11.8 Å². The van der Waals surface area contributed by atoms with Gasteiger partial charge in [0.1, 0.15) is 5.82 Å². The lowest BCUT2D eigenvalue weighted by molar-refractivity contribution is -0.117. The number of aromatic nitrogens is 2. The van der Waals surface area contributed by atoms with Crippen molar-refractivity contribution >= 4 is 28.6 Å². The van der Waals surface area contributed by atoms with Gasteiger partial charge in [-0.15, -0.1) is 0 Å². The van der Waals surface area contributed by atoms with Gasteiger partial charge in [-0.05, 0) is 24.6 Å². The molecule has 2 heterocycles. The Morgan fingerprint density at radius 3 is 2.84 bits per heavy atom. The molecule has 1 aromatic carbocycles. The van der Waals surface area contributed by atoms with Crippen molar-refractivity contribution in [3.63, 3.8) is 0 Å². The summed E-state index contributed by atoms with van der Waals surface area (Å²) < 4.78 is 0. The molecular weight excluding hydrogens is 242 g/mol. The van der Waals surface area contributed by atoms with Crippen LogP contribution >= 0.6 is 0 Å². The number of nitrogens with zero attached hydrogens (tertiary/aromatic N) is 3. The van der Waals surface area contributed by atoms with Crippen LogP contribution in [0.15, 0.2) is 24.3 Å². The number of anilines is 2. The summed E-state index contributed by atoms with van der Waals surface area (Å²) in [7, 11) is 0. The predicted molar refractivity (Wildman–Crippen MR) is 73.5 cm³/mol. The number of benzene rings is 1. The third-order valence-corrected chi connectivity index (χ3v) is 3.39. The van der Waals surface area contributed by atoms with Gasteiger partial charge in [-0.25, -0.2) is 4.98 Å². The summed E-state index contributed by atoms with van der Waals surface area (Å²) in [6, 6.07) is 7.53. The van der Waals surface area contributed by atoms with Gasteiger partial charge in [0.25, 0.3) is 0 Å². The van der Waals surface area contributed by atoms with Crippen LogP contribution in [0.25, 0.3) is 10.9 Å². The van der Waals surface area contributed by atoms with Crippen molar-refractivity contribution in [2.75, 3.05) is 23.7 Å². The molecule has 1 atom stereocenters. The van der Waals surface area contributed by atoms with Gasteiger partial charge in [0.15, 0.2) is 0 Å². The molecule has 1 amide bonds. The molecule has 6 heteroatoms. The Morgan fingerprint density at radius 2 is 2.11 bits per heavy atom. The second kappa shape index (κ2) is 4.47. The average Bonchev–Trinajstić information content (AvgIpc) is 2.79. The highest BCUT2D eigenvalue weighted by Crippen LogP contribution is 2.29. The molecule has 1 saturated heterocycles. The van der Waals surface area contributed by atoms with Crippen LogP contribution in [0.2, 0.25) is 0 Å². The first kappa shape index (κ1) is 11.9. The molecule has 1 unspecified atom stereocenters. The minimum atomic E-state index is 0.0405. The zero-order chi connectivity index (χ0) is 13.4. The van der Waals surface area contributed by atoms with E-state index in [2.05, 4.69) is 9.97 Å². The van der Waals surface area contributed by atoms with Gasteiger partial charge in [-0.1, -0.05) is 12.1 Å². The van der Waals surface area contributed by atoms with Gasteiger partial charge in [0, 0.05) is 18.4 Å². The molecule has 0 radical (unpaired) electrons. The van der Waals surface area contributed by atoms with E-state index in [-0.39, 0.29) is 17.8 Å². The van der Waals surface area contributed by atoms with Crippen LogP contribution in [-0.2, 0) is 4.79 Å². The fourth-order valence-electron chi connectivity index (χ4n) is 2.43. The van der Waals surface area contributed by atoms with E-state index in [0.29, 0.717) is 25.3 Å². The van der Waals surface area contributed by atoms with Crippen LogP contribution < -0.4 is 16.4 Å². The Bertz CT molecular complexity index is 642. The number of fused-ring (bicyclic) bond motifs is 1. The van der Waals surface area contributed by atoms with Crippen LogP contribution in [0.3, 0.4) is 0 Å². The molecule has 1 aliphatic rings. The maximum Gasteiger partial charge on any atom is 0.228 e. The SMILES string of the molecule is NCC1CC(=O)N(c2nc(N)nc3ccccc23)C1. The maximum atomic E-state index is 12.1. The third-order valence-electron chi connectivity index (χ3n) is 3.39. The normalized spacial score (nSPS) is 19.3. The van der Waals surface area contributed by atoms with Crippen molar-refractivity contribution in [2.24, 2.45) is 11.7 Å². The standard InChI is InChI=1S/C13H15N5O/c14-6-8-5-11(19)18(7-8)12-9-3-1-2-4-10(9)16-13(15)17-12/h1-4,8H,5-7,14H2,(H2,15,16,17). The first-order valence-corrected chi connectivity index (χ1v) is 6.21. The van der Waals surface area contributed by atoms with Gasteiger partial charge in [0.2, 0.25) is 11.9 Å². The van der Waals surface area contributed by atoms with Gasteiger partial charge < -0.3 is 11.5 Å². The lowest BCUT2D eigenvalue weighted by Gasteiger charge is -2.17. The molecule has 3 rings (SSSR count).